The fraction of sp³-hybridized carbons (Fsp3) is 0.250. The minimum Gasteiger partial charge on any atom is -0.489 e. The smallest absolute Gasteiger partial charge is 0.142 e. The summed E-state index contributed by atoms with van der Waals surface area (Å²) >= 11 is 0. The quantitative estimate of drug-likeness (QED) is 0.618. The summed E-state index contributed by atoms with van der Waals surface area (Å²) < 4.78 is 5.09. The summed E-state index contributed by atoms with van der Waals surface area (Å²) in [7, 11) is 0. The van der Waals surface area contributed by atoms with Gasteiger partial charge in [0.25, 0.3) is 0 Å². The van der Waals surface area contributed by atoms with Gasteiger partial charge >= 0.3 is 0 Å². The van der Waals surface area contributed by atoms with Crippen molar-refractivity contribution in [3.05, 3.63) is 24.3 Å². The zero-order chi connectivity index (χ0) is 8.10. The molecule has 0 heterocycles. The van der Waals surface area contributed by atoms with Gasteiger partial charge < -0.3 is 15.6 Å². The number of aliphatic hydroxyl groups is 1. The monoisotopic (exact) mass is 152 g/mol. The van der Waals surface area contributed by atoms with E-state index >= 15 is 0 Å². The lowest BCUT2D eigenvalue weighted by atomic mass is 10.3. The molecule has 3 heteroatoms. The van der Waals surface area contributed by atoms with Crippen molar-refractivity contribution in [2.45, 2.75) is 0 Å². The van der Waals surface area contributed by atoms with Crippen molar-refractivity contribution >= 4 is 5.69 Å². The van der Waals surface area contributed by atoms with E-state index in [9.17, 15) is 0 Å². The zero-order valence-corrected chi connectivity index (χ0v) is 6.08. The lowest BCUT2D eigenvalue weighted by Gasteiger charge is -2.05. The van der Waals surface area contributed by atoms with Crippen LogP contribution in [0.4, 0.5) is 5.69 Å². The van der Waals surface area contributed by atoms with E-state index in [0.717, 1.165) is 0 Å². The van der Waals surface area contributed by atoms with E-state index in [0.29, 0.717) is 11.4 Å². The van der Waals surface area contributed by atoms with Gasteiger partial charge in [-0.25, -0.2) is 0 Å². The highest BCUT2D eigenvalue weighted by molar-refractivity contribution is 5.51. The van der Waals surface area contributed by atoms with Crippen molar-refractivity contribution in [3.63, 3.8) is 0 Å². The highest BCUT2D eigenvalue weighted by atomic mass is 16.5. The Bertz CT molecular complexity index is 225. The second-order valence-electron chi connectivity index (χ2n) is 2.04. The first-order valence-corrected chi connectivity index (χ1v) is 3.34. The number of nitrogen functional groups attached to an aromatic ring is 1. The van der Waals surface area contributed by atoms with Crippen LogP contribution in [-0.2, 0) is 0 Å². The molecule has 0 aliphatic carbocycles. The van der Waals surface area contributed by atoms with Crippen LogP contribution in [-0.4, -0.2) is 18.3 Å². The Kier molecular flexibility index (Phi) is 2.74. The molecule has 0 saturated carbocycles. The van der Waals surface area contributed by atoms with Crippen LogP contribution >= 0.6 is 0 Å². The summed E-state index contributed by atoms with van der Waals surface area (Å²) in [5, 5.41) is 8.44. The Morgan fingerprint density at radius 2 is 2.45 bits per heavy atom. The van der Waals surface area contributed by atoms with Gasteiger partial charge in [-0.3, -0.25) is 0 Å². The number of ether oxygens (including phenoxy) is 1. The Hall–Kier alpha value is -1.22. The predicted molar refractivity (Wildman–Crippen MR) is 42.3 cm³/mol. The van der Waals surface area contributed by atoms with Crippen LogP contribution in [0.5, 0.6) is 5.75 Å². The lowest BCUT2D eigenvalue weighted by molar-refractivity contribution is 0.202. The van der Waals surface area contributed by atoms with E-state index < -0.39 is 0 Å². The molecule has 0 aliphatic heterocycles. The normalized spacial score (nSPS) is 9.55. The third kappa shape index (κ3) is 2.13. The summed E-state index contributed by atoms with van der Waals surface area (Å²) in [5.74, 6) is 0.595. The van der Waals surface area contributed by atoms with Crippen molar-refractivity contribution < 1.29 is 9.84 Å². The van der Waals surface area contributed by atoms with Crippen LogP contribution in [0.3, 0.4) is 0 Å². The number of nitrogens with two attached hydrogens (primary N) is 1. The third-order valence-corrected chi connectivity index (χ3v) is 1.20. The van der Waals surface area contributed by atoms with Gasteiger partial charge in [0.05, 0.1) is 12.3 Å². The highest BCUT2D eigenvalue weighted by Gasteiger charge is 1.95. The van der Waals surface area contributed by atoms with E-state index in [4.69, 9.17) is 15.6 Å². The molecule has 0 unspecified atom stereocenters. The van der Waals surface area contributed by atoms with Crippen LogP contribution in [0.15, 0.2) is 18.2 Å². The molecule has 3 N–H and O–H groups in total. The second kappa shape index (κ2) is 3.83. The van der Waals surface area contributed by atoms with Crippen molar-refractivity contribution in [1.82, 2.24) is 0 Å². The number of rotatable bonds is 3. The number of hydrogen-bond acceptors (Lipinski definition) is 3. The Labute approximate surface area is 65.4 Å². The van der Waals surface area contributed by atoms with E-state index in [1.54, 1.807) is 18.2 Å². The van der Waals surface area contributed by atoms with Crippen LogP contribution in [0.1, 0.15) is 0 Å². The fourth-order valence-corrected chi connectivity index (χ4v) is 0.716. The molecule has 1 aromatic rings. The molecule has 3 nitrogen and oxygen atoms in total. The summed E-state index contributed by atoms with van der Waals surface area (Å²) in [6.45, 7) is 0.270. The number of aliphatic hydroxyl groups excluding tert-OH is 1. The molecule has 59 valence electrons. The van der Waals surface area contributed by atoms with E-state index in [-0.39, 0.29) is 13.2 Å². The summed E-state index contributed by atoms with van der Waals surface area (Å²) in [6.07, 6.45) is 0. The predicted octanol–water partition coefficient (Wildman–Crippen LogP) is 0.440. The second-order valence-corrected chi connectivity index (χ2v) is 2.04. The van der Waals surface area contributed by atoms with Gasteiger partial charge in [0.15, 0.2) is 0 Å². The minimum absolute atomic E-state index is 0.00194. The Morgan fingerprint density at radius 1 is 1.64 bits per heavy atom. The van der Waals surface area contributed by atoms with Crippen molar-refractivity contribution in [2.24, 2.45) is 0 Å². The molecule has 11 heavy (non-hydrogen) atoms. The first-order chi connectivity index (χ1) is 5.34. The Morgan fingerprint density at radius 3 is 3.09 bits per heavy atom. The molecule has 0 spiro atoms. The fourth-order valence-electron chi connectivity index (χ4n) is 0.716. The summed E-state index contributed by atoms with van der Waals surface area (Å²) in [6, 6.07) is 7.87. The number of benzene rings is 1. The molecule has 0 aromatic heterocycles. The molecule has 0 saturated heterocycles. The van der Waals surface area contributed by atoms with Crippen molar-refractivity contribution in [1.29, 1.82) is 0 Å². The van der Waals surface area contributed by atoms with Gasteiger partial charge in [-0.2, -0.15) is 0 Å². The minimum atomic E-state index is -0.00194. The molecular weight excluding hydrogens is 142 g/mol. The average molecular weight is 152 g/mol. The van der Waals surface area contributed by atoms with E-state index in [2.05, 4.69) is 6.07 Å². The third-order valence-electron chi connectivity index (χ3n) is 1.20. The van der Waals surface area contributed by atoms with Gasteiger partial charge in [-0.05, 0) is 18.2 Å². The first-order valence-electron chi connectivity index (χ1n) is 3.34. The molecule has 0 atom stereocenters. The molecule has 0 bridgehead atoms. The largest absolute Gasteiger partial charge is 0.489 e. The van der Waals surface area contributed by atoms with Crippen LogP contribution in [0, 0.1) is 6.07 Å². The van der Waals surface area contributed by atoms with Gasteiger partial charge in [-0.15, -0.1) is 0 Å². The summed E-state index contributed by atoms with van der Waals surface area (Å²) in [5.41, 5.74) is 6.07. The van der Waals surface area contributed by atoms with Crippen LogP contribution in [0.2, 0.25) is 0 Å². The molecule has 1 rings (SSSR count). The molecule has 0 aliphatic rings. The number of hydrogen-bond donors (Lipinski definition) is 2. The van der Waals surface area contributed by atoms with Crippen LogP contribution < -0.4 is 10.5 Å². The molecule has 0 amide bonds. The van der Waals surface area contributed by atoms with Crippen molar-refractivity contribution in [3.8, 4) is 5.75 Å². The van der Waals surface area contributed by atoms with Crippen molar-refractivity contribution in [2.75, 3.05) is 18.9 Å². The Balaban J connectivity index is 2.62. The standard InChI is InChI=1S/C8H10NO2/c9-7-3-1-2-4-8(7)11-6-5-10/h2-4,10H,5-6,9H2. The number of anilines is 1. The molecule has 1 aromatic carbocycles. The highest BCUT2D eigenvalue weighted by Crippen LogP contribution is 2.18. The molecule has 0 fully saturated rings. The van der Waals surface area contributed by atoms with Crippen LogP contribution in [0.25, 0.3) is 0 Å². The van der Waals surface area contributed by atoms with Gasteiger partial charge in [0.2, 0.25) is 0 Å². The lowest BCUT2D eigenvalue weighted by Crippen LogP contribution is -2.03. The van der Waals surface area contributed by atoms with Gasteiger partial charge in [0.1, 0.15) is 12.4 Å². The maximum atomic E-state index is 8.44. The summed E-state index contributed by atoms with van der Waals surface area (Å²) in [4.78, 5) is 0. The maximum Gasteiger partial charge on any atom is 0.142 e. The van der Waals surface area contributed by atoms with Gasteiger partial charge in [0, 0.05) is 0 Å². The molecule has 1 radical (unpaired) electrons. The average Bonchev–Trinajstić information content (AvgIpc) is 2.03. The molecular formula is C8H10NO2. The van der Waals surface area contributed by atoms with E-state index in [1.165, 1.54) is 0 Å². The van der Waals surface area contributed by atoms with Gasteiger partial charge in [-0.1, -0.05) is 6.07 Å². The first kappa shape index (κ1) is 7.88. The van der Waals surface area contributed by atoms with E-state index in [1.807, 2.05) is 0 Å². The topological polar surface area (TPSA) is 55.5 Å². The zero-order valence-electron chi connectivity index (χ0n) is 6.08. The maximum absolute atomic E-state index is 8.44. The SMILES string of the molecule is Nc1c[c]ccc1OCCO.